The molecule has 6 nitrogen and oxygen atoms in total. The van der Waals surface area contributed by atoms with Crippen LogP contribution in [0, 0.1) is 17.0 Å². The molecule has 0 saturated carbocycles. The number of ether oxygens (including phenoxy) is 1. The van der Waals surface area contributed by atoms with Gasteiger partial charge in [0.1, 0.15) is 5.75 Å². The largest absolute Gasteiger partial charge is 0.497 e. The van der Waals surface area contributed by atoms with Crippen LogP contribution in [0.2, 0.25) is 0 Å². The number of hydrogen-bond acceptors (Lipinski definition) is 4. The minimum atomic E-state index is -0.469. The summed E-state index contributed by atoms with van der Waals surface area (Å²) in [6.45, 7) is 2.01. The lowest BCUT2D eigenvalue weighted by Gasteiger charge is -2.19. The Balaban J connectivity index is 1.83. The van der Waals surface area contributed by atoms with Gasteiger partial charge in [0.25, 0.3) is 11.6 Å². The number of rotatable bonds is 5. The van der Waals surface area contributed by atoms with Crippen LogP contribution in [0.3, 0.4) is 0 Å². The Hall–Kier alpha value is -3.41. The minimum Gasteiger partial charge on any atom is -0.497 e. The summed E-state index contributed by atoms with van der Waals surface area (Å²) < 4.78 is 5.23. The molecule has 3 aromatic carbocycles. The van der Waals surface area contributed by atoms with E-state index >= 15 is 0 Å². The molecule has 0 unspecified atom stereocenters. The number of hydrogen-bond donors (Lipinski definition) is 0. The van der Waals surface area contributed by atoms with E-state index in [1.54, 1.807) is 32.0 Å². The number of nitro groups is 1. The highest BCUT2D eigenvalue weighted by molar-refractivity contribution is 5.96. The maximum Gasteiger partial charge on any atom is 0.273 e. The number of nitrogens with zero attached hydrogens (tertiary/aromatic N) is 2. The van der Waals surface area contributed by atoms with Crippen LogP contribution in [-0.4, -0.2) is 29.9 Å². The number of benzene rings is 3. The molecule has 138 valence electrons. The van der Waals surface area contributed by atoms with Gasteiger partial charge in [0.15, 0.2) is 0 Å². The smallest absolute Gasteiger partial charge is 0.273 e. The van der Waals surface area contributed by atoms with Crippen LogP contribution < -0.4 is 4.74 Å². The second-order valence-corrected chi connectivity index (χ2v) is 6.42. The van der Waals surface area contributed by atoms with Gasteiger partial charge in [0.05, 0.1) is 12.0 Å². The van der Waals surface area contributed by atoms with Gasteiger partial charge in [-0.15, -0.1) is 0 Å². The number of carbonyl (C=O) groups is 1. The van der Waals surface area contributed by atoms with Crippen LogP contribution in [0.1, 0.15) is 21.5 Å². The summed E-state index contributed by atoms with van der Waals surface area (Å²) in [6, 6.07) is 16.4. The van der Waals surface area contributed by atoms with Crippen molar-refractivity contribution in [2.45, 2.75) is 13.5 Å². The predicted octanol–water partition coefficient (Wildman–Crippen LogP) is 4.34. The number of methoxy groups -OCH3 is 1. The minimum absolute atomic E-state index is 0.0473. The van der Waals surface area contributed by atoms with Crippen molar-refractivity contribution >= 4 is 22.4 Å². The van der Waals surface area contributed by atoms with E-state index in [0.717, 1.165) is 22.1 Å². The molecule has 0 spiro atoms. The number of amides is 1. The van der Waals surface area contributed by atoms with Crippen LogP contribution >= 0.6 is 0 Å². The second kappa shape index (κ2) is 7.45. The van der Waals surface area contributed by atoms with Gasteiger partial charge in [-0.1, -0.05) is 24.3 Å². The van der Waals surface area contributed by atoms with Crippen LogP contribution in [0.4, 0.5) is 5.69 Å². The lowest BCUT2D eigenvalue weighted by molar-refractivity contribution is -0.385. The second-order valence-electron chi connectivity index (χ2n) is 6.42. The van der Waals surface area contributed by atoms with Crippen LogP contribution in [0.15, 0.2) is 54.6 Å². The summed E-state index contributed by atoms with van der Waals surface area (Å²) >= 11 is 0. The fourth-order valence-electron chi connectivity index (χ4n) is 3.10. The molecule has 0 N–H and O–H groups in total. The van der Waals surface area contributed by atoms with Crippen LogP contribution in [0.25, 0.3) is 10.8 Å². The van der Waals surface area contributed by atoms with Crippen LogP contribution in [-0.2, 0) is 6.54 Å². The van der Waals surface area contributed by atoms with Gasteiger partial charge in [0.2, 0.25) is 0 Å². The molecule has 0 fully saturated rings. The highest BCUT2D eigenvalue weighted by Gasteiger charge is 2.20. The molecule has 3 rings (SSSR count). The summed E-state index contributed by atoms with van der Waals surface area (Å²) in [6.07, 6.45) is 0. The summed E-state index contributed by atoms with van der Waals surface area (Å²) in [4.78, 5) is 25.0. The first-order chi connectivity index (χ1) is 12.9. The van der Waals surface area contributed by atoms with Gasteiger partial charge in [-0.25, -0.2) is 0 Å². The normalized spacial score (nSPS) is 10.6. The summed E-state index contributed by atoms with van der Waals surface area (Å²) in [5, 5.41) is 13.2. The van der Waals surface area contributed by atoms with E-state index in [1.165, 1.54) is 12.1 Å². The average Bonchev–Trinajstić information content (AvgIpc) is 2.66. The van der Waals surface area contributed by atoms with Crippen molar-refractivity contribution in [2.24, 2.45) is 0 Å². The molecule has 6 heteroatoms. The van der Waals surface area contributed by atoms with Crippen LogP contribution in [0.5, 0.6) is 5.75 Å². The van der Waals surface area contributed by atoms with Crippen molar-refractivity contribution in [3.63, 3.8) is 0 Å². The molecular weight excluding hydrogens is 344 g/mol. The van der Waals surface area contributed by atoms with Gasteiger partial charge in [-0.2, -0.15) is 0 Å². The Morgan fingerprint density at radius 2 is 1.81 bits per heavy atom. The summed E-state index contributed by atoms with van der Waals surface area (Å²) in [7, 11) is 3.32. The lowest BCUT2D eigenvalue weighted by Crippen LogP contribution is -2.27. The third kappa shape index (κ3) is 3.74. The Labute approximate surface area is 157 Å². The third-order valence-corrected chi connectivity index (χ3v) is 4.61. The molecule has 0 aliphatic heterocycles. The zero-order chi connectivity index (χ0) is 19.6. The monoisotopic (exact) mass is 364 g/mol. The molecule has 0 aliphatic rings. The maximum absolute atomic E-state index is 12.8. The zero-order valence-corrected chi connectivity index (χ0v) is 15.4. The molecule has 0 heterocycles. The van der Waals surface area contributed by atoms with Gasteiger partial charge >= 0.3 is 0 Å². The lowest BCUT2D eigenvalue weighted by atomic mass is 10.0. The molecule has 0 aromatic heterocycles. The fourth-order valence-corrected chi connectivity index (χ4v) is 3.10. The highest BCUT2D eigenvalue weighted by Crippen LogP contribution is 2.24. The molecule has 27 heavy (non-hydrogen) atoms. The zero-order valence-electron chi connectivity index (χ0n) is 15.4. The first-order valence-corrected chi connectivity index (χ1v) is 8.47. The average molecular weight is 364 g/mol. The van der Waals surface area contributed by atoms with E-state index in [0.29, 0.717) is 17.7 Å². The van der Waals surface area contributed by atoms with Gasteiger partial charge < -0.3 is 9.64 Å². The quantitative estimate of drug-likeness (QED) is 0.499. The van der Waals surface area contributed by atoms with E-state index < -0.39 is 4.92 Å². The molecule has 0 radical (unpaired) electrons. The number of carbonyl (C=O) groups excluding carboxylic acids is 1. The Kier molecular flexibility index (Phi) is 5.07. The summed E-state index contributed by atoms with van der Waals surface area (Å²) in [5.41, 5.74) is 1.66. The van der Waals surface area contributed by atoms with E-state index in [2.05, 4.69) is 0 Å². The van der Waals surface area contributed by atoms with Crippen molar-refractivity contribution in [2.75, 3.05) is 14.2 Å². The molecule has 0 atom stereocenters. The summed E-state index contributed by atoms with van der Waals surface area (Å²) in [5.74, 6) is 0.551. The van der Waals surface area contributed by atoms with Crippen molar-refractivity contribution in [1.29, 1.82) is 0 Å². The predicted molar refractivity (Wildman–Crippen MR) is 104 cm³/mol. The van der Waals surface area contributed by atoms with Crippen molar-refractivity contribution in [3.8, 4) is 5.75 Å². The van der Waals surface area contributed by atoms with E-state index in [1.807, 2.05) is 36.4 Å². The highest BCUT2D eigenvalue weighted by atomic mass is 16.6. The molecule has 3 aromatic rings. The van der Waals surface area contributed by atoms with Crippen molar-refractivity contribution in [3.05, 3.63) is 81.4 Å². The fraction of sp³-hybridized carbons (Fsp3) is 0.190. The topological polar surface area (TPSA) is 72.7 Å². The first-order valence-electron chi connectivity index (χ1n) is 8.47. The number of nitro benzene ring substituents is 1. The Morgan fingerprint density at radius 1 is 1.11 bits per heavy atom. The Bertz CT molecular complexity index is 1030. The van der Waals surface area contributed by atoms with Crippen molar-refractivity contribution in [1.82, 2.24) is 4.90 Å². The van der Waals surface area contributed by atoms with Gasteiger partial charge in [-0.3, -0.25) is 14.9 Å². The molecule has 0 bridgehead atoms. The SMILES string of the molecule is COc1ccc2cc(CN(C)C(=O)c3cccc([N+](=O)[O-])c3C)ccc2c1. The van der Waals surface area contributed by atoms with Gasteiger partial charge in [0, 0.05) is 30.8 Å². The first kappa shape index (κ1) is 18.4. The van der Waals surface area contributed by atoms with E-state index in [-0.39, 0.29) is 11.6 Å². The molecule has 1 amide bonds. The third-order valence-electron chi connectivity index (χ3n) is 4.61. The standard InChI is InChI=1S/C21H20N2O4/c1-14-19(5-4-6-20(14)23(25)26)21(24)22(2)13-15-7-8-17-12-18(27-3)10-9-16(17)11-15/h4-12H,13H2,1-3H3. The maximum atomic E-state index is 12.8. The van der Waals surface area contributed by atoms with E-state index in [4.69, 9.17) is 4.74 Å². The van der Waals surface area contributed by atoms with E-state index in [9.17, 15) is 14.9 Å². The molecular formula is C21H20N2O4. The molecule has 0 saturated heterocycles. The van der Waals surface area contributed by atoms with Crippen molar-refractivity contribution < 1.29 is 14.5 Å². The molecule has 0 aliphatic carbocycles. The number of fused-ring (bicyclic) bond motifs is 1. The van der Waals surface area contributed by atoms with Gasteiger partial charge in [-0.05, 0) is 47.5 Å². The Morgan fingerprint density at radius 3 is 2.52 bits per heavy atom.